The van der Waals surface area contributed by atoms with Gasteiger partial charge < -0.3 is 40.5 Å². The van der Waals surface area contributed by atoms with Gasteiger partial charge in [-0.2, -0.15) is 15.1 Å². The molecule has 6 heterocycles. The number of nitrogens with one attached hydrogen (secondary N) is 3. The number of aliphatic hydroxyl groups excluding tert-OH is 2. The number of imidazole rings is 1. The van der Waals surface area contributed by atoms with Crippen LogP contribution in [-0.2, 0) is 12.8 Å². The summed E-state index contributed by atoms with van der Waals surface area (Å²) in [7, 11) is 0. The van der Waals surface area contributed by atoms with Gasteiger partial charge in [0, 0.05) is 51.0 Å². The van der Waals surface area contributed by atoms with Crippen LogP contribution >= 0.6 is 11.6 Å². The van der Waals surface area contributed by atoms with E-state index in [0.717, 1.165) is 56.6 Å². The van der Waals surface area contributed by atoms with Gasteiger partial charge in [-0.1, -0.05) is 54.9 Å². The predicted molar refractivity (Wildman–Crippen MR) is 207 cm³/mol. The van der Waals surface area contributed by atoms with E-state index in [1.165, 1.54) is 5.56 Å². The third kappa shape index (κ3) is 7.66. The molecule has 3 fully saturated rings. The minimum atomic E-state index is -1.05. The lowest BCUT2D eigenvalue weighted by Crippen LogP contribution is -2.50. The van der Waals surface area contributed by atoms with Crippen molar-refractivity contribution in [1.82, 2.24) is 44.9 Å². The summed E-state index contributed by atoms with van der Waals surface area (Å²) in [5, 5.41) is 37.3. The van der Waals surface area contributed by atoms with Crippen molar-refractivity contribution in [2.75, 3.05) is 47.8 Å². The Bertz CT molecular complexity index is 2050. The van der Waals surface area contributed by atoms with Gasteiger partial charge in [0.1, 0.15) is 23.2 Å². The van der Waals surface area contributed by atoms with E-state index in [4.69, 9.17) is 26.6 Å². The number of aryl methyl sites for hydroxylation is 1. The number of nitrogens with zero attached hydrogens (tertiary/aromatic N) is 9. The van der Waals surface area contributed by atoms with E-state index in [2.05, 4.69) is 54.9 Å². The van der Waals surface area contributed by atoms with E-state index < -0.39 is 24.3 Å². The number of pyridine rings is 1. The Morgan fingerprint density at radius 2 is 1.65 bits per heavy atom. The quantitative estimate of drug-likeness (QED) is 0.124. The van der Waals surface area contributed by atoms with Crippen LogP contribution in [0.15, 0.2) is 67.3 Å². The Morgan fingerprint density at radius 3 is 2.43 bits per heavy atom. The summed E-state index contributed by atoms with van der Waals surface area (Å²) in [6.45, 7) is 5.46. The first-order chi connectivity index (χ1) is 26.3. The Labute approximate surface area is 318 Å². The topological polar surface area (TPSA) is 174 Å². The molecule has 3 aliphatic rings. The van der Waals surface area contributed by atoms with Crippen molar-refractivity contribution in [2.45, 2.75) is 81.8 Å². The molecule has 5 atom stereocenters. The molecule has 2 amide bonds. The number of carbonyl (C=O) groups excluding carboxylic acids is 1. The van der Waals surface area contributed by atoms with E-state index in [0.29, 0.717) is 54.1 Å². The number of anilines is 3. The van der Waals surface area contributed by atoms with Crippen LogP contribution < -0.4 is 25.8 Å². The number of amides is 2. The fourth-order valence-electron chi connectivity index (χ4n) is 7.95. The minimum Gasteiger partial charge on any atom is -0.388 e. The molecule has 0 spiro atoms. The zero-order chi connectivity index (χ0) is 37.2. The molecule has 16 heteroatoms. The number of aromatic nitrogens is 7. The number of aliphatic hydroxyl groups is 2. The molecule has 5 aromatic rings. The van der Waals surface area contributed by atoms with Crippen molar-refractivity contribution in [3.05, 3.63) is 83.5 Å². The first-order valence-electron chi connectivity index (χ1n) is 18.9. The predicted octanol–water partition coefficient (Wildman–Crippen LogP) is 3.74. The van der Waals surface area contributed by atoms with E-state index >= 15 is 0 Å². The lowest BCUT2D eigenvalue weighted by Gasteiger charge is -2.33. The third-order valence-electron chi connectivity index (χ3n) is 11.0. The normalized spacial score (nSPS) is 23.3. The first-order valence-corrected chi connectivity index (χ1v) is 19.3. The van der Waals surface area contributed by atoms with Crippen molar-refractivity contribution in [1.29, 1.82) is 0 Å². The summed E-state index contributed by atoms with van der Waals surface area (Å²) < 4.78 is 3.63. The summed E-state index contributed by atoms with van der Waals surface area (Å²) in [5.74, 6) is 1.97. The minimum absolute atomic E-state index is 0.0690. The van der Waals surface area contributed by atoms with Crippen LogP contribution in [0.1, 0.15) is 55.8 Å². The monoisotopic (exact) mass is 754 g/mol. The number of hydrogen-bond donors (Lipinski definition) is 5. The number of halogens is 1. The number of benzene rings is 1. The summed E-state index contributed by atoms with van der Waals surface area (Å²) >= 11 is 6.09. The van der Waals surface area contributed by atoms with Crippen molar-refractivity contribution < 1.29 is 15.0 Å². The lowest BCUT2D eigenvalue weighted by molar-refractivity contribution is 0.00721. The van der Waals surface area contributed by atoms with Crippen LogP contribution in [0.3, 0.4) is 0 Å². The summed E-state index contributed by atoms with van der Waals surface area (Å²) in [5.41, 5.74) is 3.44. The van der Waals surface area contributed by atoms with E-state index in [1.807, 2.05) is 41.1 Å². The largest absolute Gasteiger partial charge is 0.388 e. The molecule has 15 nitrogen and oxygen atoms in total. The summed E-state index contributed by atoms with van der Waals surface area (Å²) in [4.78, 5) is 36.6. The van der Waals surface area contributed by atoms with Gasteiger partial charge in [0.25, 0.3) is 0 Å². The van der Waals surface area contributed by atoms with Crippen LogP contribution in [-0.4, -0.2) is 108 Å². The highest BCUT2D eigenvalue weighted by atomic mass is 35.5. The molecular formula is C38H47ClN12O3. The summed E-state index contributed by atoms with van der Waals surface area (Å²) in [6.07, 6.45) is 7.82. The molecule has 284 valence electrons. The second-order valence-electron chi connectivity index (χ2n) is 14.5. The van der Waals surface area contributed by atoms with Gasteiger partial charge in [-0.3, -0.25) is 4.68 Å². The fourth-order valence-corrected chi connectivity index (χ4v) is 8.11. The van der Waals surface area contributed by atoms with Crippen molar-refractivity contribution in [3.63, 3.8) is 0 Å². The van der Waals surface area contributed by atoms with Crippen LogP contribution in [0.2, 0.25) is 5.15 Å². The van der Waals surface area contributed by atoms with E-state index in [9.17, 15) is 15.0 Å². The maximum atomic E-state index is 13.1. The van der Waals surface area contributed by atoms with Crippen LogP contribution in [0.4, 0.5) is 22.4 Å². The maximum Gasteiger partial charge on any atom is 0.315 e. The van der Waals surface area contributed by atoms with E-state index in [1.54, 1.807) is 23.3 Å². The Morgan fingerprint density at radius 1 is 0.889 bits per heavy atom. The highest BCUT2D eigenvalue weighted by Crippen LogP contribution is 2.40. The van der Waals surface area contributed by atoms with Crippen LogP contribution in [0, 0.1) is 0 Å². The second kappa shape index (κ2) is 15.8. The van der Waals surface area contributed by atoms with Gasteiger partial charge in [0.2, 0.25) is 5.95 Å². The molecule has 2 saturated heterocycles. The summed E-state index contributed by atoms with van der Waals surface area (Å²) in [6, 6.07) is 14.8. The maximum absolute atomic E-state index is 13.1. The smallest absolute Gasteiger partial charge is 0.315 e. The number of hydrogen-bond acceptors (Lipinski definition) is 11. The zero-order valence-electron chi connectivity index (χ0n) is 30.3. The average Bonchev–Trinajstić information content (AvgIpc) is 4.00. The molecule has 1 saturated carbocycles. The number of urea groups is 1. The standard InChI is InChI=1S/C38H47ClN12O3/c1-2-24-20-42-51(21-24)29-19-28(33(52)34(29)53)50-23-41-32-35(40-15-11-25-7-4-3-5-8-25)46-37(47-36(32)50)49-18-14-27(22-49)44-38(54)43-26-12-16-48(17-13-26)31-10-6-9-30(39)45-31/h3-10,20-21,23,26-29,33-34,52-53H,2,11-19,22H2,1H3,(H,40,46,47)(H2,43,44,54)/t27-,28+,29-,33-,34+/m0/s1. The second-order valence-corrected chi connectivity index (χ2v) is 14.9. The molecule has 5 N–H and O–H groups in total. The Hall–Kier alpha value is -4.99. The number of fused-ring (bicyclic) bond motifs is 1. The molecular weight excluding hydrogens is 708 g/mol. The first kappa shape index (κ1) is 36.0. The number of piperidine rings is 1. The molecule has 4 aromatic heterocycles. The van der Waals surface area contributed by atoms with E-state index in [-0.39, 0.29) is 18.1 Å². The number of rotatable bonds is 11. The highest BCUT2D eigenvalue weighted by Gasteiger charge is 2.44. The van der Waals surface area contributed by atoms with Crippen molar-refractivity contribution >= 4 is 46.4 Å². The van der Waals surface area contributed by atoms with Gasteiger partial charge in [0.05, 0.1) is 24.6 Å². The molecule has 0 unspecified atom stereocenters. The zero-order valence-corrected chi connectivity index (χ0v) is 31.1. The fraction of sp³-hybridized carbons (Fsp3) is 0.474. The molecule has 8 rings (SSSR count). The average molecular weight is 755 g/mol. The molecule has 54 heavy (non-hydrogen) atoms. The molecule has 0 bridgehead atoms. The van der Waals surface area contributed by atoms with Gasteiger partial charge in [0.15, 0.2) is 17.0 Å². The van der Waals surface area contributed by atoms with Crippen LogP contribution in [0.25, 0.3) is 11.2 Å². The van der Waals surface area contributed by atoms with Crippen molar-refractivity contribution in [3.8, 4) is 0 Å². The third-order valence-corrected chi connectivity index (χ3v) is 11.2. The molecule has 2 aliphatic heterocycles. The number of carbonyl (C=O) groups is 1. The lowest BCUT2D eigenvalue weighted by atomic mass is 10.1. The molecule has 1 aliphatic carbocycles. The Kier molecular flexibility index (Phi) is 10.5. The van der Waals surface area contributed by atoms with Crippen molar-refractivity contribution in [2.24, 2.45) is 0 Å². The van der Waals surface area contributed by atoms with Gasteiger partial charge >= 0.3 is 6.03 Å². The molecule has 1 aromatic carbocycles. The van der Waals surface area contributed by atoms with Gasteiger partial charge in [-0.05, 0) is 61.8 Å². The SMILES string of the molecule is CCc1cnn([C@H]2C[C@@H](n3cnc4c(NCCc5ccccc5)nc(N5CC[C@H](NC(=O)NC6CCN(c7cccc(Cl)n7)CC6)C5)nc43)[C@H](O)[C@@H]2O)c1. The van der Waals surface area contributed by atoms with Gasteiger partial charge in [-0.15, -0.1) is 0 Å². The molecule has 0 radical (unpaired) electrons. The van der Waals surface area contributed by atoms with Gasteiger partial charge in [-0.25, -0.2) is 14.8 Å². The highest BCUT2D eigenvalue weighted by molar-refractivity contribution is 6.29. The van der Waals surface area contributed by atoms with Crippen LogP contribution in [0.5, 0.6) is 0 Å². The Balaban J connectivity index is 0.962.